The fourth-order valence-electron chi connectivity index (χ4n) is 5.03. The van der Waals surface area contributed by atoms with Crippen molar-refractivity contribution in [2.45, 2.75) is 6.04 Å². The number of amides is 1. The van der Waals surface area contributed by atoms with Crippen LogP contribution in [-0.4, -0.2) is 94.1 Å². The summed E-state index contributed by atoms with van der Waals surface area (Å²) in [4.78, 5) is 30.6. The van der Waals surface area contributed by atoms with Gasteiger partial charge in [-0.15, -0.1) is 0 Å². The third-order valence-electron chi connectivity index (χ3n) is 6.95. The van der Waals surface area contributed by atoms with Crippen molar-refractivity contribution in [3.8, 4) is 28.7 Å². The van der Waals surface area contributed by atoms with E-state index in [0.29, 0.717) is 53.9 Å². The minimum absolute atomic E-state index is 0.0352. The zero-order valence-electron chi connectivity index (χ0n) is 21.5. The molecular weight excluding hydrogens is 496 g/mol. The van der Waals surface area contributed by atoms with Crippen molar-refractivity contribution in [1.29, 1.82) is 0 Å². The van der Waals surface area contributed by atoms with Crippen LogP contribution in [0.25, 0.3) is 5.76 Å². The molecule has 0 spiro atoms. The molecule has 1 N–H and O–H groups in total. The van der Waals surface area contributed by atoms with E-state index in [0.717, 1.165) is 13.1 Å². The number of ketones is 1. The number of fused-ring (bicyclic) bond motifs is 1. The zero-order chi connectivity index (χ0) is 26.8. The maximum Gasteiger partial charge on any atom is 0.295 e. The molecule has 2 aromatic carbocycles. The smallest absolute Gasteiger partial charge is 0.295 e. The minimum atomic E-state index is -0.972. The first-order valence-corrected chi connectivity index (χ1v) is 12.3. The summed E-state index contributed by atoms with van der Waals surface area (Å²) in [5.41, 5.74) is 0.705. The summed E-state index contributed by atoms with van der Waals surface area (Å²) in [6.45, 7) is 3.38. The summed E-state index contributed by atoms with van der Waals surface area (Å²) in [7, 11) is 4.46. The molecule has 0 aromatic heterocycles. The number of carbonyl (C=O) groups is 2. The van der Waals surface area contributed by atoms with Gasteiger partial charge in [0.05, 0.1) is 46.2 Å². The number of likely N-dealkylation sites (tertiary alicyclic amines) is 1. The van der Waals surface area contributed by atoms with Crippen molar-refractivity contribution in [1.82, 2.24) is 9.80 Å². The molecule has 3 heterocycles. The average Bonchev–Trinajstić information content (AvgIpc) is 3.54. The van der Waals surface area contributed by atoms with Crippen LogP contribution in [0.3, 0.4) is 0 Å². The van der Waals surface area contributed by atoms with Gasteiger partial charge in [0.1, 0.15) is 11.5 Å². The molecule has 2 fully saturated rings. The van der Waals surface area contributed by atoms with E-state index in [-0.39, 0.29) is 30.4 Å². The number of hydrogen-bond acceptors (Lipinski definition) is 10. The van der Waals surface area contributed by atoms with Crippen molar-refractivity contribution < 1.29 is 43.1 Å². The average molecular weight is 527 g/mol. The van der Waals surface area contributed by atoms with Gasteiger partial charge in [0.2, 0.25) is 18.3 Å². The lowest BCUT2D eigenvalue weighted by molar-refractivity contribution is -0.140. The third-order valence-corrected chi connectivity index (χ3v) is 6.95. The molecule has 0 saturated carbocycles. The highest BCUT2D eigenvalue weighted by Gasteiger charge is 2.48. The molecule has 11 nitrogen and oxygen atoms in total. The highest BCUT2D eigenvalue weighted by atomic mass is 16.7. The van der Waals surface area contributed by atoms with Gasteiger partial charge in [0, 0.05) is 37.3 Å². The Balaban J connectivity index is 1.66. The number of methoxy groups -OCH3 is 3. The Morgan fingerprint density at radius 2 is 1.76 bits per heavy atom. The molecule has 38 heavy (non-hydrogen) atoms. The highest BCUT2D eigenvalue weighted by molar-refractivity contribution is 6.46. The third kappa shape index (κ3) is 4.48. The molecule has 3 aliphatic rings. The number of rotatable bonds is 8. The van der Waals surface area contributed by atoms with Gasteiger partial charge in [0.25, 0.3) is 11.7 Å². The summed E-state index contributed by atoms with van der Waals surface area (Å²) >= 11 is 0. The number of benzene rings is 2. The van der Waals surface area contributed by atoms with Gasteiger partial charge in [0.15, 0.2) is 11.5 Å². The Hall–Kier alpha value is -3.96. The Morgan fingerprint density at radius 3 is 2.47 bits per heavy atom. The van der Waals surface area contributed by atoms with Crippen molar-refractivity contribution in [3.63, 3.8) is 0 Å². The van der Waals surface area contributed by atoms with Crippen LogP contribution in [0.15, 0.2) is 35.9 Å². The molecular formula is C27H30N2O9. The molecule has 0 aliphatic carbocycles. The monoisotopic (exact) mass is 526 g/mol. The number of morpholine rings is 1. The Morgan fingerprint density at radius 1 is 1.00 bits per heavy atom. The number of aliphatic hydroxyl groups excluding tert-OH is 1. The number of aliphatic hydroxyl groups is 1. The van der Waals surface area contributed by atoms with Gasteiger partial charge < -0.3 is 38.4 Å². The molecule has 1 amide bonds. The molecule has 2 saturated heterocycles. The quantitative estimate of drug-likeness (QED) is 0.312. The zero-order valence-corrected chi connectivity index (χ0v) is 21.5. The van der Waals surface area contributed by atoms with E-state index in [2.05, 4.69) is 4.90 Å². The number of Topliss-reactive ketones (excluding diaryl/α,β-unsaturated/α-hetero) is 1. The first kappa shape index (κ1) is 25.7. The van der Waals surface area contributed by atoms with E-state index in [1.165, 1.54) is 26.2 Å². The van der Waals surface area contributed by atoms with Crippen LogP contribution in [0.2, 0.25) is 0 Å². The van der Waals surface area contributed by atoms with Gasteiger partial charge in [-0.05, 0) is 18.2 Å². The molecule has 3 aliphatic heterocycles. The van der Waals surface area contributed by atoms with E-state index in [4.69, 9.17) is 28.4 Å². The number of ether oxygens (including phenoxy) is 6. The van der Waals surface area contributed by atoms with Gasteiger partial charge in [-0.1, -0.05) is 12.1 Å². The summed E-state index contributed by atoms with van der Waals surface area (Å²) in [6.07, 6.45) is 0. The van der Waals surface area contributed by atoms with Crippen molar-refractivity contribution in [2.75, 3.05) is 67.5 Å². The first-order chi connectivity index (χ1) is 18.5. The maximum atomic E-state index is 13.5. The molecule has 1 atom stereocenters. The predicted molar refractivity (Wildman–Crippen MR) is 135 cm³/mol. The van der Waals surface area contributed by atoms with Crippen LogP contribution in [0.1, 0.15) is 17.2 Å². The van der Waals surface area contributed by atoms with Gasteiger partial charge in [-0.2, -0.15) is 0 Å². The van der Waals surface area contributed by atoms with Crippen LogP contribution in [0.4, 0.5) is 0 Å². The molecule has 5 rings (SSSR count). The summed E-state index contributed by atoms with van der Waals surface area (Å²) < 4.78 is 33.3. The fourth-order valence-corrected chi connectivity index (χ4v) is 5.03. The second kappa shape index (κ2) is 10.8. The summed E-state index contributed by atoms with van der Waals surface area (Å²) in [6, 6.07) is 7.35. The van der Waals surface area contributed by atoms with Crippen LogP contribution in [0, 0.1) is 0 Å². The highest BCUT2D eigenvalue weighted by Crippen LogP contribution is 2.54. The summed E-state index contributed by atoms with van der Waals surface area (Å²) in [5, 5.41) is 11.4. The molecule has 0 radical (unpaired) electrons. The lowest BCUT2D eigenvalue weighted by Crippen LogP contribution is -2.42. The maximum absolute atomic E-state index is 13.5. The van der Waals surface area contributed by atoms with Crippen LogP contribution in [-0.2, 0) is 14.3 Å². The number of nitrogens with zero attached hydrogens (tertiary/aromatic N) is 2. The molecule has 202 valence electrons. The second-order valence-electron chi connectivity index (χ2n) is 8.94. The standard InChI is InChI=1S/C27H30N2O9/c1-33-17-6-4-5-16(13-17)22(30)20-21(18-14-19(34-2)25-26(24(18)35-3)38-15-37-25)29(27(32)23(20)31)8-7-28-9-11-36-12-10-28/h4-6,13-14,21,30H,7-12,15H2,1-3H3/t21-/m1/s1. The Bertz CT molecular complexity index is 1270. The largest absolute Gasteiger partial charge is 0.507 e. The van der Waals surface area contributed by atoms with Crippen LogP contribution >= 0.6 is 0 Å². The second-order valence-corrected chi connectivity index (χ2v) is 8.94. The predicted octanol–water partition coefficient (Wildman–Crippen LogP) is 2.20. The van der Waals surface area contributed by atoms with Crippen molar-refractivity contribution in [2.24, 2.45) is 0 Å². The topological polar surface area (TPSA) is 116 Å². The van der Waals surface area contributed by atoms with Gasteiger partial charge in [-0.25, -0.2) is 0 Å². The SMILES string of the molecule is COc1cccc(C(O)=C2C(=O)C(=O)N(CCN3CCOCC3)[C@@H]2c2cc(OC)c3c(c2OC)OCO3)c1. The Labute approximate surface area is 220 Å². The van der Waals surface area contributed by atoms with Crippen molar-refractivity contribution in [3.05, 3.63) is 47.0 Å². The van der Waals surface area contributed by atoms with E-state index >= 15 is 0 Å². The lowest BCUT2D eigenvalue weighted by atomic mass is 9.93. The van der Waals surface area contributed by atoms with E-state index in [1.807, 2.05) is 0 Å². The van der Waals surface area contributed by atoms with E-state index in [1.54, 1.807) is 30.3 Å². The van der Waals surface area contributed by atoms with Gasteiger partial charge in [-0.3, -0.25) is 14.5 Å². The molecule has 0 unspecified atom stereocenters. The van der Waals surface area contributed by atoms with E-state index < -0.39 is 17.7 Å². The molecule has 2 aromatic rings. The first-order valence-electron chi connectivity index (χ1n) is 12.3. The molecule has 11 heteroatoms. The minimum Gasteiger partial charge on any atom is -0.507 e. The summed E-state index contributed by atoms with van der Waals surface area (Å²) in [5.74, 6) is -0.0172. The van der Waals surface area contributed by atoms with Crippen LogP contribution in [0.5, 0.6) is 28.7 Å². The van der Waals surface area contributed by atoms with E-state index in [9.17, 15) is 14.7 Å². The van der Waals surface area contributed by atoms with Crippen LogP contribution < -0.4 is 23.7 Å². The fraction of sp³-hybridized carbons (Fsp3) is 0.407. The van der Waals surface area contributed by atoms with Crippen molar-refractivity contribution >= 4 is 17.4 Å². The normalized spacial score (nSPS) is 20.6. The van der Waals surface area contributed by atoms with Gasteiger partial charge >= 0.3 is 0 Å². The Kier molecular flexibility index (Phi) is 7.30. The number of hydrogen-bond donors (Lipinski definition) is 1. The molecule has 0 bridgehead atoms. The lowest BCUT2D eigenvalue weighted by Gasteiger charge is -2.31. The number of carbonyl (C=O) groups excluding carboxylic acids is 2.